The minimum Gasteiger partial charge on any atom is -0.444 e. The fourth-order valence-corrected chi connectivity index (χ4v) is 4.80. The van der Waals surface area contributed by atoms with Gasteiger partial charge in [-0.1, -0.05) is 24.3 Å². The van der Waals surface area contributed by atoms with Crippen LogP contribution >= 0.6 is 11.6 Å². The second kappa shape index (κ2) is 14.3. The summed E-state index contributed by atoms with van der Waals surface area (Å²) < 4.78 is 5.50. The van der Waals surface area contributed by atoms with Gasteiger partial charge < -0.3 is 25.2 Å². The normalized spacial score (nSPS) is 14.3. The molecule has 1 fully saturated rings. The van der Waals surface area contributed by atoms with Crippen LogP contribution in [-0.2, 0) is 22.5 Å². The van der Waals surface area contributed by atoms with Crippen molar-refractivity contribution in [3.8, 4) is 6.07 Å². The number of rotatable bonds is 9. The van der Waals surface area contributed by atoms with Gasteiger partial charge in [0, 0.05) is 58.9 Å². The van der Waals surface area contributed by atoms with Crippen LogP contribution in [-0.4, -0.2) is 93.6 Å². The van der Waals surface area contributed by atoms with E-state index in [4.69, 9.17) is 21.6 Å². The number of nitrogens with one attached hydrogen (secondary N) is 2. The molecule has 0 radical (unpaired) electrons. The van der Waals surface area contributed by atoms with E-state index in [1.807, 2.05) is 57.2 Å². The monoisotopic (exact) mass is 619 g/mol. The Bertz CT molecular complexity index is 1490. The van der Waals surface area contributed by atoms with Crippen molar-refractivity contribution in [3.05, 3.63) is 70.5 Å². The van der Waals surface area contributed by atoms with Gasteiger partial charge in [0.2, 0.25) is 23.1 Å². The summed E-state index contributed by atoms with van der Waals surface area (Å²) in [6.45, 7) is 9.01. The van der Waals surface area contributed by atoms with Crippen molar-refractivity contribution < 1.29 is 14.3 Å². The molecule has 0 bridgehead atoms. The molecule has 232 valence electrons. The maximum absolute atomic E-state index is 13.0. The molecule has 0 aliphatic carbocycles. The highest BCUT2D eigenvalue weighted by atomic mass is 35.5. The molecule has 4 rings (SSSR count). The number of anilines is 3. The van der Waals surface area contributed by atoms with Crippen molar-refractivity contribution in [2.75, 3.05) is 50.9 Å². The standard InChI is InChI=1S/C31H38ClN9O3/c1-31(2,3)44-30(43)41-15-13-40(14-16-41)20-23-7-6-8-24(17-23)34-28-36-27(32)37-29(38-28)35-25(26(42)39(4)5)18-21-9-11-22(19-33)12-10-21/h6-12,17,25H,13-16,18,20H2,1-5H3,(H2,34,35,36,37,38)/t25-/m0/s1. The van der Waals surface area contributed by atoms with E-state index in [0.29, 0.717) is 31.6 Å². The summed E-state index contributed by atoms with van der Waals surface area (Å²) in [5.74, 6) is 0.213. The third-order valence-corrected chi connectivity index (χ3v) is 6.96. The number of nitrogens with zero attached hydrogens (tertiary/aromatic N) is 7. The molecule has 1 aromatic heterocycles. The number of halogens is 1. The Kier molecular flexibility index (Phi) is 10.6. The van der Waals surface area contributed by atoms with Crippen molar-refractivity contribution in [1.82, 2.24) is 29.7 Å². The predicted molar refractivity (Wildman–Crippen MR) is 169 cm³/mol. The lowest BCUT2D eigenvalue weighted by Crippen LogP contribution is -2.49. The summed E-state index contributed by atoms with van der Waals surface area (Å²) in [4.78, 5) is 43.8. The summed E-state index contributed by atoms with van der Waals surface area (Å²) in [5, 5.41) is 15.4. The number of piperazine rings is 1. The summed E-state index contributed by atoms with van der Waals surface area (Å²) >= 11 is 6.25. The molecule has 44 heavy (non-hydrogen) atoms. The van der Waals surface area contributed by atoms with Gasteiger partial charge in [-0.05, 0) is 67.8 Å². The first-order chi connectivity index (χ1) is 20.9. The zero-order valence-corrected chi connectivity index (χ0v) is 26.4. The van der Waals surface area contributed by atoms with Gasteiger partial charge in [0.05, 0.1) is 11.6 Å². The molecule has 1 aliphatic rings. The van der Waals surface area contributed by atoms with Crippen LogP contribution in [0.25, 0.3) is 0 Å². The molecular weight excluding hydrogens is 582 g/mol. The highest BCUT2D eigenvalue weighted by molar-refractivity contribution is 6.28. The van der Waals surface area contributed by atoms with E-state index in [1.54, 1.807) is 31.1 Å². The Morgan fingerprint density at radius 3 is 2.34 bits per heavy atom. The minimum absolute atomic E-state index is 0.0292. The SMILES string of the molecule is CN(C)C(=O)[C@H](Cc1ccc(C#N)cc1)Nc1nc(Cl)nc(Nc2cccc(CN3CCN(C(=O)OC(C)(C)C)CC3)c2)n1. The first kappa shape index (κ1) is 32.4. The molecule has 12 nitrogen and oxygen atoms in total. The van der Waals surface area contributed by atoms with Crippen LogP contribution in [0.5, 0.6) is 0 Å². The van der Waals surface area contributed by atoms with Crippen LogP contribution in [0.3, 0.4) is 0 Å². The average molecular weight is 620 g/mol. The fourth-order valence-electron chi connectivity index (χ4n) is 4.64. The molecule has 2 amide bonds. The number of amides is 2. The third-order valence-electron chi connectivity index (χ3n) is 6.79. The molecule has 2 aromatic carbocycles. The Hall–Kier alpha value is -4.47. The zero-order valence-electron chi connectivity index (χ0n) is 25.7. The molecule has 13 heteroatoms. The lowest BCUT2D eigenvalue weighted by atomic mass is 10.0. The second-order valence-electron chi connectivity index (χ2n) is 11.8. The molecule has 0 saturated carbocycles. The van der Waals surface area contributed by atoms with Gasteiger partial charge in [0.25, 0.3) is 0 Å². The zero-order chi connectivity index (χ0) is 31.9. The summed E-state index contributed by atoms with van der Waals surface area (Å²) in [5.41, 5.74) is 2.75. The van der Waals surface area contributed by atoms with Crippen molar-refractivity contribution in [2.45, 2.75) is 45.4 Å². The number of benzene rings is 2. The highest BCUT2D eigenvalue weighted by Gasteiger charge is 2.26. The maximum Gasteiger partial charge on any atom is 0.410 e. The van der Waals surface area contributed by atoms with Gasteiger partial charge >= 0.3 is 6.09 Å². The number of hydrogen-bond donors (Lipinski definition) is 2. The molecule has 1 saturated heterocycles. The number of carbonyl (C=O) groups is 2. The molecule has 2 N–H and O–H groups in total. The number of nitriles is 1. The van der Waals surface area contributed by atoms with Gasteiger partial charge in [-0.3, -0.25) is 9.69 Å². The summed E-state index contributed by atoms with van der Waals surface area (Å²) in [7, 11) is 3.36. The predicted octanol–water partition coefficient (Wildman–Crippen LogP) is 4.30. The van der Waals surface area contributed by atoms with Crippen LogP contribution in [0.15, 0.2) is 48.5 Å². The van der Waals surface area contributed by atoms with E-state index < -0.39 is 11.6 Å². The van der Waals surface area contributed by atoms with Gasteiger partial charge in [0.15, 0.2) is 0 Å². The molecular formula is C31H38ClN9O3. The average Bonchev–Trinajstić information content (AvgIpc) is 2.96. The molecule has 1 aliphatic heterocycles. The van der Waals surface area contributed by atoms with Gasteiger partial charge in [-0.25, -0.2) is 4.79 Å². The number of aromatic nitrogens is 3. The van der Waals surface area contributed by atoms with Crippen LogP contribution in [0, 0.1) is 11.3 Å². The van der Waals surface area contributed by atoms with Crippen molar-refractivity contribution in [3.63, 3.8) is 0 Å². The largest absolute Gasteiger partial charge is 0.444 e. The number of likely N-dealkylation sites (N-methyl/N-ethyl adjacent to an activating group) is 1. The Morgan fingerprint density at radius 2 is 1.70 bits per heavy atom. The molecule has 1 atom stereocenters. The first-order valence-electron chi connectivity index (χ1n) is 14.3. The minimum atomic E-state index is -0.677. The van der Waals surface area contributed by atoms with E-state index in [-0.39, 0.29) is 29.2 Å². The van der Waals surface area contributed by atoms with E-state index in [1.165, 1.54) is 4.90 Å². The summed E-state index contributed by atoms with van der Waals surface area (Å²) in [6, 6.07) is 16.4. The first-order valence-corrected chi connectivity index (χ1v) is 14.7. The molecule has 2 heterocycles. The Morgan fingerprint density at radius 1 is 1.02 bits per heavy atom. The topological polar surface area (TPSA) is 140 Å². The Balaban J connectivity index is 1.40. The lowest BCUT2D eigenvalue weighted by Gasteiger charge is -2.35. The van der Waals surface area contributed by atoms with Crippen molar-refractivity contribution >= 4 is 41.2 Å². The van der Waals surface area contributed by atoms with E-state index >= 15 is 0 Å². The van der Waals surface area contributed by atoms with Crippen molar-refractivity contribution in [2.24, 2.45) is 0 Å². The van der Waals surface area contributed by atoms with Crippen LogP contribution in [0.1, 0.15) is 37.5 Å². The van der Waals surface area contributed by atoms with E-state index in [0.717, 1.165) is 29.9 Å². The van der Waals surface area contributed by atoms with Gasteiger partial charge in [-0.15, -0.1) is 0 Å². The van der Waals surface area contributed by atoms with Crippen LogP contribution < -0.4 is 10.6 Å². The number of ether oxygens (including phenoxy) is 1. The molecule has 3 aromatic rings. The lowest BCUT2D eigenvalue weighted by molar-refractivity contribution is -0.129. The van der Waals surface area contributed by atoms with E-state index in [2.05, 4.69) is 36.6 Å². The quantitative estimate of drug-likeness (QED) is 0.356. The highest BCUT2D eigenvalue weighted by Crippen LogP contribution is 2.20. The fraction of sp³-hybridized carbons (Fsp3) is 0.419. The third kappa shape index (κ3) is 9.52. The van der Waals surface area contributed by atoms with Gasteiger partial charge in [-0.2, -0.15) is 20.2 Å². The number of carbonyl (C=O) groups excluding carboxylic acids is 2. The smallest absolute Gasteiger partial charge is 0.410 e. The van der Waals surface area contributed by atoms with Crippen LogP contribution in [0.4, 0.5) is 22.4 Å². The van der Waals surface area contributed by atoms with Gasteiger partial charge in [0.1, 0.15) is 11.6 Å². The van der Waals surface area contributed by atoms with E-state index in [9.17, 15) is 9.59 Å². The second-order valence-corrected chi connectivity index (χ2v) is 12.1. The number of hydrogen-bond acceptors (Lipinski definition) is 10. The maximum atomic E-state index is 13.0. The summed E-state index contributed by atoms with van der Waals surface area (Å²) in [6.07, 6.45) is 0.0722. The van der Waals surface area contributed by atoms with Crippen molar-refractivity contribution in [1.29, 1.82) is 5.26 Å². The molecule has 0 unspecified atom stereocenters. The van der Waals surface area contributed by atoms with Crippen LogP contribution in [0.2, 0.25) is 5.28 Å². The Labute approximate surface area is 263 Å². The molecule has 0 spiro atoms.